The molecule has 0 saturated carbocycles. The van der Waals surface area contributed by atoms with Gasteiger partial charge in [0.2, 0.25) is 0 Å². The minimum Gasteiger partial charge on any atom is -0.250 e. The fourth-order valence-electron chi connectivity index (χ4n) is 1.30. The first-order chi connectivity index (χ1) is 7.17. The van der Waals surface area contributed by atoms with Gasteiger partial charge in [0.25, 0.3) is 0 Å². The zero-order valence-electron chi connectivity index (χ0n) is 9.02. The molecule has 1 aromatic heterocycles. The smallest absolute Gasteiger partial charge is 0.138 e. The maximum Gasteiger partial charge on any atom is 0.138 e. The summed E-state index contributed by atoms with van der Waals surface area (Å²) in [7, 11) is 0. The van der Waals surface area contributed by atoms with E-state index in [-0.39, 0.29) is 5.92 Å². The first-order valence-electron chi connectivity index (χ1n) is 4.99. The molecule has 4 nitrogen and oxygen atoms in total. The minimum absolute atomic E-state index is 0.179. The molecule has 0 spiro atoms. The average Bonchev–Trinajstić information content (AvgIpc) is 2.61. The van der Waals surface area contributed by atoms with Crippen LogP contribution in [0.25, 0.3) is 0 Å². The van der Waals surface area contributed by atoms with E-state index in [0.29, 0.717) is 18.2 Å². The second-order valence-electron chi connectivity index (χ2n) is 3.94. The SMILES string of the molecule is CC(C)Cn1ncnc1CC(C#N)CCl. The van der Waals surface area contributed by atoms with Crippen LogP contribution in [0.4, 0.5) is 0 Å². The standard InChI is InChI=1S/C10H15ClN4/c1-8(2)6-15-10(13-7-14-15)3-9(4-11)5-12/h7-9H,3-4,6H2,1-2H3. The normalized spacial score (nSPS) is 12.7. The van der Waals surface area contributed by atoms with Crippen molar-refractivity contribution >= 4 is 11.6 Å². The van der Waals surface area contributed by atoms with E-state index in [1.165, 1.54) is 6.33 Å². The molecule has 5 heteroatoms. The molecule has 1 atom stereocenters. The largest absolute Gasteiger partial charge is 0.250 e. The highest BCUT2D eigenvalue weighted by Crippen LogP contribution is 2.08. The van der Waals surface area contributed by atoms with Crippen LogP contribution in [0.1, 0.15) is 19.7 Å². The van der Waals surface area contributed by atoms with Crippen molar-refractivity contribution in [2.75, 3.05) is 5.88 Å². The van der Waals surface area contributed by atoms with Gasteiger partial charge in [0.05, 0.1) is 12.0 Å². The van der Waals surface area contributed by atoms with Crippen LogP contribution in [0.15, 0.2) is 6.33 Å². The summed E-state index contributed by atoms with van der Waals surface area (Å²) in [5, 5.41) is 12.9. The Morgan fingerprint density at radius 1 is 1.60 bits per heavy atom. The summed E-state index contributed by atoms with van der Waals surface area (Å²) < 4.78 is 1.85. The molecule has 0 radical (unpaired) electrons. The first kappa shape index (κ1) is 12.0. The predicted molar refractivity (Wildman–Crippen MR) is 58.4 cm³/mol. The fraction of sp³-hybridized carbons (Fsp3) is 0.700. The second-order valence-corrected chi connectivity index (χ2v) is 4.25. The van der Waals surface area contributed by atoms with Crippen LogP contribution in [0, 0.1) is 23.2 Å². The van der Waals surface area contributed by atoms with Gasteiger partial charge in [0, 0.05) is 18.8 Å². The van der Waals surface area contributed by atoms with Gasteiger partial charge in [-0.25, -0.2) is 9.67 Å². The average molecular weight is 227 g/mol. The Morgan fingerprint density at radius 2 is 2.33 bits per heavy atom. The van der Waals surface area contributed by atoms with E-state index in [2.05, 4.69) is 30.0 Å². The highest BCUT2D eigenvalue weighted by molar-refractivity contribution is 6.18. The van der Waals surface area contributed by atoms with Gasteiger partial charge < -0.3 is 0 Å². The van der Waals surface area contributed by atoms with Gasteiger partial charge in [0.15, 0.2) is 0 Å². The van der Waals surface area contributed by atoms with Gasteiger partial charge in [-0.15, -0.1) is 11.6 Å². The maximum absolute atomic E-state index is 8.81. The lowest BCUT2D eigenvalue weighted by molar-refractivity contribution is 0.459. The van der Waals surface area contributed by atoms with Crippen LogP contribution in [0.3, 0.4) is 0 Å². The molecule has 1 heterocycles. The topological polar surface area (TPSA) is 54.5 Å². The van der Waals surface area contributed by atoms with Gasteiger partial charge in [-0.1, -0.05) is 13.8 Å². The van der Waals surface area contributed by atoms with Crippen molar-refractivity contribution in [1.82, 2.24) is 14.8 Å². The molecule has 82 valence electrons. The molecule has 1 unspecified atom stereocenters. The molecule has 0 amide bonds. The van der Waals surface area contributed by atoms with E-state index >= 15 is 0 Å². The molecule has 0 fully saturated rings. The number of aromatic nitrogens is 3. The number of hydrogen-bond donors (Lipinski definition) is 0. The third-order valence-corrected chi connectivity index (χ3v) is 2.40. The molecular weight excluding hydrogens is 212 g/mol. The van der Waals surface area contributed by atoms with Gasteiger partial charge in [0.1, 0.15) is 12.2 Å². The molecule has 0 saturated heterocycles. The van der Waals surface area contributed by atoms with Crippen LogP contribution in [-0.2, 0) is 13.0 Å². The van der Waals surface area contributed by atoms with Crippen LogP contribution < -0.4 is 0 Å². The molecule has 0 aliphatic rings. The van der Waals surface area contributed by atoms with Gasteiger partial charge >= 0.3 is 0 Å². The number of halogens is 1. The summed E-state index contributed by atoms with van der Waals surface area (Å²) in [5.41, 5.74) is 0. The quantitative estimate of drug-likeness (QED) is 0.720. The minimum atomic E-state index is -0.179. The Balaban J connectivity index is 2.69. The van der Waals surface area contributed by atoms with Gasteiger partial charge in [-0.05, 0) is 5.92 Å². The van der Waals surface area contributed by atoms with E-state index in [9.17, 15) is 0 Å². The summed E-state index contributed by atoms with van der Waals surface area (Å²) in [5.74, 6) is 1.52. The highest BCUT2D eigenvalue weighted by Gasteiger charge is 2.12. The molecule has 0 aliphatic heterocycles. The summed E-state index contributed by atoms with van der Waals surface area (Å²) in [6, 6.07) is 2.16. The molecule has 0 bridgehead atoms. The van der Waals surface area contributed by atoms with Crippen molar-refractivity contribution in [2.45, 2.75) is 26.8 Å². The lowest BCUT2D eigenvalue weighted by atomic mass is 10.1. The third-order valence-electron chi connectivity index (χ3n) is 2.03. The molecule has 0 aromatic carbocycles. The number of nitrogens with zero attached hydrogens (tertiary/aromatic N) is 4. The Labute approximate surface area is 94.9 Å². The zero-order chi connectivity index (χ0) is 11.3. The van der Waals surface area contributed by atoms with E-state index in [0.717, 1.165) is 12.4 Å². The Bertz CT molecular complexity index is 339. The van der Waals surface area contributed by atoms with Crippen molar-refractivity contribution < 1.29 is 0 Å². The highest BCUT2D eigenvalue weighted by atomic mass is 35.5. The van der Waals surface area contributed by atoms with Gasteiger partial charge in [-0.2, -0.15) is 10.4 Å². The number of hydrogen-bond acceptors (Lipinski definition) is 3. The summed E-state index contributed by atoms with van der Waals surface area (Å²) in [4.78, 5) is 4.15. The Morgan fingerprint density at radius 3 is 2.87 bits per heavy atom. The fourth-order valence-corrected chi connectivity index (χ4v) is 1.48. The molecule has 1 rings (SSSR count). The number of nitriles is 1. The predicted octanol–water partition coefficient (Wildman–Crippen LogP) is 1.86. The number of alkyl halides is 1. The lowest BCUT2D eigenvalue weighted by Crippen LogP contribution is -2.14. The van der Waals surface area contributed by atoms with Gasteiger partial charge in [-0.3, -0.25) is 0 Å². The van der Waals surface area contributed by atoms with Crippen LogP contribution in [0.2, 0.25) is 0 Å². The zero-order valence-corrected chi connectivity index (χ0v) is 9.78. The van der Waals surface area contributed by atoms with E-state index < -0.39 is 0 Å². The summed E-state index contributed by atoms with van der Waals surface area (Å²) in [6.07, 6.45) is 2.10. The summed E-state index contributed by atoms with van der Waals surface area (Å²) in [6.45, 7) is 5.07. The molecule has 1 aromatic rings. The van der Waals surface area contributed by atoms with Crippen LogP contribution in [-0.4, -0.2) is 20.6 Å². The molecule has 0 aliphatic carbocycles. The first-order valence-corrected chi connectivity index (χ1v) is 5.53. The van der Waals surface area contributed by atoms with E-state index in [1.54, 1.807) is 0 Å². The third kappa shape index (κ3) is 3.52. The lowest BCUT2D eigenvalue weighted by Gasteiger charge is -2.09. The van der Waals surface area contributed by atoms with E-state index in [1.807, 2.05) is 4.68 Å². The monoisotopic (exact) mass is 226 g/mol. The van der Waals surface area contributed by atoms with Crippen molar-refractivity contribution in [3.8, 4) is 6.07 Å². The molecule has 15 heavy (non-hydrogen) atoms. The van der Waals surface area contributed by atoms with Crippen LogP contribution in [0.5, 0.6) is 0 Å². The molecule has 0 N–H and O–H groups in total. The van der Waals surface area contributed by atoms with Crippen molar-refractivity contribution in [3.05, 3.63) is 12.2 Å². The Hall–Kier alpha value is -1.08. The van der Waals surface area contributed by atoms with E-state index in [4.69, 9.17) is 16.9 Å². The van der Waals surface area contributed by atoms with Crippen molar-refractivity contribution in [1.29, 1.82) is 5.26 Å². The maximum atomic E-state index is 8.81. The van der Waals surface area contributed by atoms with Crippen LogP contribution >= 0.6 is 11.6 Å². The molecular formula is C10H15ClN4. The Kier molecular flexibility index (Phi) is 4.57. The van der Waals surface area contributed by atoms with Crippen molar-refractivity contribution in [3.63, 3.8) is 0 Å². The summed E-state index contributed by atoms with van der Waals surface area (Å²) >= 11 is 5.66. The number of rotatable bonds is 5. The van der Waals surface area contributed by atoms with Crippen molar-refractivity contribution in [2.24, 2.45) is 11.8 Å². The second kappa shape index (κ2) is 5.72.